The molecule has 0 aromatic heterocycles. The van der Waals surface area contributed by atoms with Crippen LogP contribution in [0.25, 0.3) is 0 Å². The van der Waals surface area contributed by atoms with E-state index in [2.05, 4.69) is 30.6 Å². The summed E-state index contributed by atoms with van der Waals surface area (Å²) in [6.45, 7) is 4.12. The second-order valence-electron chi connectivity index (χ2n) is 8.08. The van der Waals surface area contributed by atoms with E-state index in [4.69, 9.17) is 16.9 Å². The quantitative estimate of drug-likeness (QED) is 0.584. The monoisotopic (exact) mass is 393 g/mol. The maximum atomic E-state index is 13.2. The van der Waals surface area contributed by atoms with Crippen molar-refractivity contribution in [3.63, 3.8) is 0 Å². The first-order chi connectivity index (χ1) is 13.3. The molecule has 1 heterocycles. The number of phenols is 1. The largest absolute Gasteiger partial charge is 0.506 e. The smallest absolute Gasteiger partial charge is 0.163 e. The molecule has 0 amide bonds. The molecule has 142 valence electrons. The fourth-order valence-corrected chi connectivity index (χ4v) is 4.31. The minimum absolute atomic E-state index is 0.0453. The fourth-order valence-electron chi connectivity index (χ4n) is 4.02. The molecule has 2 aliphatic rings. The van der Waals surface area contributed by atoms with Crippen molar-refractivity contribution in [1.29, 1.82) is 5.26 Å². The van der Waals surface area contributed by atoms with E-state index in [9.17, 15) is 9.90 Å². The molecule has 2 aromatic rings. The van der Waals surface area contributed by atoms with Crippen LogP contribution in [0.4, 0.5) is 11.4 Å². The van der Waals surface area contributed by atoms with Crippen molar-refractivity contribution in [2.24, 2.45) is 5.41 Å². The van der Waals surface area contributed by atoms with Crippen LogP contribution in [0.5, 0.6) is 5.75 Å². The third kappa shape index (κ3) is 3.10. The molecule has 1 atom stereocenters. The number of carbonyl (C=O) groups is 1. The third-order valence-corrected chi connectivity index (χ3v) is 5.59. The Hall–Kier alpha value is -2.97. The highest BCUT2D eigenvalue weighted by Crippen LogP contribution is 2.48. The highest BCUT2D eigenvalue weighted by atomic mass is 35.5. The number of carbonyl (C=O) groups excluding carboxylic acids is 1. The number of hydrogen-bond acceptors (Lipinski definition) is 5. The van der Waals surface area contributed by atoms with Crippen LogP contribution < -0.4 is 10.6 Å². The summed E-state index contributed by atoms with van der Waals surface area (Å²) in [5.74, 6) is 0.156. The van der Waals surface area contributed by atoms with E-state index in [1.165, 1.54) is 0 Å². The lowest BCUT2D eigenvalue weighted by molar-refractivity contribution is -0.118. The fraction of sp³-hybridized carbons (Fsp3) is 0.273. The molecule has 0 fully saturated rings. The lowest BCUT2D eigenvalue weighted by Crippen LogP contribution is -2.31. The van der Waals surface area contributed by atoms with Crippen molar-refractivity contribution in [2.45, 2.75) is 32.7 Å². The number of halogens is 1. The van der Waals surface area contributed by atoms with Gasteiger partial charge in [-0.25, -0.2) is 0 Å². The molecule has 5 nitrogen and oxygen atoms in total. The normalized spacial score (nSPS) is 20.2. The number of anilines is 2. The number of benzene rings is 2. The minimum atomic E-state index is -0.477. The van der Waals surface area contributed by atoms with Gasteiger partial charge in [-0.05, 0) is 41.7 Å². The number of ketones is 1. The Labute approximate surface area is 168 Å². The summed E-state index contributed by atoms with van der Waals surface area (Å²) in [5.41, 5.74) is 3.65. The van der Waals surface area contributed by atoms with Crippen LogP contribution >= 0.6 is 11.6 Å². The lowest BCUT2D eigenvalue weighted by atomic mass is 9.73. The topological polar surface area (TPSA) is 85.2 Å². The summed E-state index contributed by atoms with van der Waals surface area (Å²) in [4.78, 5) is 13.2. The molecular formula is C22H20ClN3O2. The molecule has 1 aliphatic heterocycles. The zero-order chi connectivity index (χ0) is 20.1. The first-order valence-electron chi connectivity index (χ1n) is 9.10. The summed E-state index contributed by atoms with van der Waals surface area (Å²) in [7, 11) is 0. The standard InChI is InChI=1S/C22H20ClN3O2/c1-22(2)9-16-19(18(28)10-22)20(13-7-6-12(11-24)8-14(13)23)25-15-4-3-5-17(27)21(15)26-16/h3-8,20,25-27H,9-10H2,1-2H3. The lowest BCUT2D eigenvalue weighted by Gasteiger charge is -2.34. The molecule has 2 aromatic carbocycles. The van der Waals surface area contributed by atoms with Crippen molar-refractivity contribution in [3.05, 3.63) is 63.8 Å². The van der Waals surface area contributed by atoms with Gasteiger partial charge in [0.25, 0.3) is 0 Å². The van der Waals surface area contributed by atoms with Crippen LogP contribution in [0.2, 0.25) is 5.02 Å². The molecule has 0 saturated heterocycles. The summed E-state index contributed by atoms with van der Waals surface area (Å²) >= 11 is 6.49. The Bertz CT molecular complexity index is 1070. The van der Waals surface area contributed by atoms with Crippen LogP contribution in [0, 0.1) is 16.7 Å². The number of allylic oxidation sites excluding steroid dienone is 1. The Morgan fingerprint density at radius 2 is 2.04 bits per heavy atom. The molecule has 6 heteroatoms. The number of rotatable bonds is 1. The number of aromatic hydroxyl groups is 1. The first kappa shape index (κ1) is 18.4. The van der Waals surface area contributed by atoms with E-state index >= 15 is 0 Å². The summed E-state index contributed by atoms with van der Waals surface area (Å²) < 4.78 is 0. The van der Waals surface area contributed by atoms with Gasteiger partial charge < -0.3 is 15.7 Å². The first-order valence-corrected chi connectivity index (χ1v) is 9.48. The molecule has 0 radical (unpaired) electrons. The van der Waals surface area contributed by atoms with E-state index < -0.39 is 6.04 Å². The zero-order valence-corrected chi connectivity index (χ0v) is 16.4. The zero-order valence-electron chi connectivity index (χ0n) is 15.6. The van der Waals surface area contributed by atoms with Gasteiger partial charge in [-0.3, -0.25) is 4.79 Å². The van der Waals surface area contributed by atoms with E-state index in [-0.39, 0.29) is 16.9 Å². The molecule has 1 unspecified atom stereocenters. The number of hydrogen-bond donors (Lipinski definition) is 3. The number of nitrogens with one attached hydrogen (secondary N) is 2. The number of nitrogens with zero attached hydrogens (tertiary/aromatic N) is 1. The predicted molar refractivity (Wildman–Crippen MR) is 109 cm³/mol. The number of nitriles is 1. The van der Waals surface area contributed by atoms with Gasteiger partial charge in [0.2, 0.25) is 0 Å². The van der Waals surface area contributed by atoms with Crippen molar-refractivity contribution in [2.75, 3.05) is 10.6 Å². The van der Waals surface area contributed by atoms with Crippen LogP contribution in [0.15, 0.2) is 47.7 Å². The summed E-state index contributed by atoms with van der Waals surface area (Å²) in [6, 6.07) is 11.9. The maximum Gasteiger partial charge on any atom is 0.163 e. The van der Waals surface area contributed by atoms with Gasteiger partial charge in [-0.2, -0.15) is 5.26 Å². The third-order valence-electron chi connectivity index (χ3n) is 5.27. The number of Topliss-reactive ketones (excluding diaryl/α,β-unsaturated/α-hetero) is 1. The molecule has 1 aliphatic carbocycles. The van der Waals surface area contributed by atoms with Gasteiger partial charge in [0.1, 0.15) is 11.4 Å². The van der Waals surface area contributed by atoms with Crippen molar-refractivity contribution in [1.82, 2.24) is 0 Å². The Morgan fingerprint density at radius 3 is 2.75 bits per heavy atom. The molecule has 3 N–H and O–H groups in total. The van der Waals surface area contributed by atoms with Crippen LogP contribution in [-0.2, 0) is 4.79 Å². The van der Waals surface area contributed by atoms with E-state index in [1.807, 2.05) is 6.07 Å². The average molecular weight is 394 g/mol. The van der Waals surface area contributed by atoms with Crippen molar-refractivity contribution in [3.8, 4) is 11.8 Å². The number of phenolic OH excluding ortho intramolecular Hbond substituents is 1. The SMILES string of the molecule is CC1(C)CC(=O)C2=C(C1)Nc1c(O)cccc1NC2c1ccc(C#N)cc1Cl. The van der Waals surface area contributed by atoms with Gasteiger partial charge >= 0.3 is 0 Å². The van der Waals surface area contributed by atoms with Crippen LogP contribution in [-0.4, -0.2) is 10.9 Å². The van der Waals surface area contributed by atoms with Crippen molar-refractivity contribution >= 4 is 28.8 Å². The minimum Gasteiger partial charge on any atom is -0.506 e. The molecule has 4 rings (SSSR count). The molecule has 0 spiro atoms. The number of fused-ring (bicyclic) bond motifs is 1. The van der Waals surface area contributed by atoms with Crippen LogP contribution in [0.3, 0.4) is 0 Å². The average Bonchev–Trinajstić information content (AvgIpc) is 2.78. The summed E-state index contributed by atoms with van der Waals surface area (Å²) in [5, 5.41) is 26.6. The Balaban J connectivity index is 1.93. The Kier molecular flexibility index (Phi) is 4.32. The van der Waals surface area contributed by atoms with Gasteiger partial charge in [-0.15, -0.1) is 0 Å². The van der Waals surface area contributed by atoms with Gasteiger partial charge in [0.05, 0.1) is 23.4 Å². The number of para-hydroxylation sites is 1. The summed E-state index contributed by atoms with van der Waals surface area (Å²) in [6.07, 6.45) is 1.11. The molecular weight excluding hydrogens is 374 g/mol. The predicted octanol–water partition coefficient (Wildman–Crippen LogP) is 5.14. The highest BCUT2D eigenvalue weighted by Gasteiger charge is 2.39. The molecule has 0 saturated carbocycles. The highest BCUT2D eigenvalue weighted by molar-refractivity contribution is 6.31. The molecule has 28 heavy (non-hydrogen) atoms. The van der Waals surface area contributed by atoms with Gasteiger partial charge in [0, 0.05) is 22.7 Å². The van der Waals surface area contributed by atoms with E-state index in [1.54, 1.807) is 30.3 Å². The van der Waals surface area contributed by atoms with Crippen LogP contribution in [0.1, 0.15) is 43.9 Å². The van der Waals surface area contributed by atoms with Crippen molar-refractivity contribution < 1.29 is 9.90 Å². The van der Waals surface area contributed by atoms with E-state index in [0.29, 0.717) is 40.4 Å². The van der Waals surface area contributed by atoms with E-state index in [0.717, 1.165) is 11.3 Å². The Morgan fingerprint density at radius 1 is 1.25 bits per heavy atom. The second kappa shape index (κ2) is 6.57. The van der Waals surface area contributed by atoms with Gasteiger partial charge in [0.15, 0.2) is 5.78 Å². The second-order valence-corrected chi connectivity index (χ2v) is 8.49. The maximum absolute atomic E-state index is 13.2. The van der Waals surface area contributed by atoms with Gasteiger partial charge in [-0.1, -0.05) is 37.6 Å². The molecule has 0 bridgehead atoms.